The molecule has 0 bridgehead atoms. The molecular formula is C22H24N4O5S. The number of hydrogen-bond donors (Lipinski definition) is 0. The van der Waals surface area contributed by atoms with Gasteiger partial charge < -0.3 is 13.9 Å². The summed E-state index contributed by atoms with van der Waals surface area (Å²) in [7, 11) is 3.21. The van der Waals surface area contributed by atoms with Gasteiger partial charge in [0.2, 0.25) is 4.80 Å². The van der Waals surface area contributed by atoms with Gasteiger partial charge in [-0.3, -0.25) is 15.1 Å². The number of furan rings is 1. The van der Waals surface area contributed by atoms with Gasteiger partial charge in [0.25, 0.3) is 0 Å². The Hall–Kier alpha value is -3.40. The van der Waals surface area contributed by atoms with E-state index in [0.717, 1.165) is 28.9 Å². The molecule has 0 amide bonds. The topological polar surface area (TPSA) is 104 Å². The first kappa shape index (κ1) is 21.8. The molecule has 0 atom stereocenters. The van der Waals surface area contributed by atoms with E-state index in [0.29, 0.717) is 11.5 Å². The average Bonchev–Trinajstić information content (AvgIpc) is 3.45. The zero-order chi connectivity index (χ0) is 22.5. The number of benzene rings is 1. The van der Waals surface area contributed by atoms with Gasteiger partial charge in [-0.15, -0.1) is 11.3 Å². The van der Waals surface area contributed by atoms with E-state index in [2.05, 4.69) is 5.10 Å². The van der Waals surface area contributed by atoms with Crippen molar-refractivity contribution < 1.29 is 18.8 Å². The third-order valence-corrected chi connectivity index (χ3v) is 6.16. The molecule has 0 N–H and O–H groups in total. The van der Waals surface area contributed by atoms with E-state index < -0.39 is 4.92 Å². The first-order valence-corrected chi connectivity index (χ1v) is 11.2. The second-order valence-corrected chi connectivity index (χ2v) is 8.22. The van der Waals surface area contributed by atoms with Gasteiger partial charge in [0.05, 0.1) is 38.2 Å². The molecule has 0 spiro atoms. The van der Waals surface area contributed by atoms with Crippen molar-refractivity contribution in [3.63, 3.8) is 0 Å². The molecule has 32 heavy (non-hydrogen) atoms. The smallest absolute Gasteiger partial charge is 0.433 e. The first-order chi connectivity index (χ1) is 15.6. The summed E-state index contributed by atoms with van der Waals surface area (Å²) in [5.41, 5.74) is 1.62. The summed E-state index contributed by atoms with van der Waals surface area (Å²) in [4.78, 5) is 16.0. The molecule has 0 unspecified atom stereocenters. The number of thiazole rings is 1. The molecule has 10 heteroatoms. The molecule has 1 aliphatic rings. The third-order valence-electron chi connectivity index (χ3n) is 5.33. The molecule has 1 aliphatic carbocycles. The van der Waals surface area contributed by atoms with E-state index in [1.807, 2.05) is 23.6 Å². The number of aromatic nitrogens is 1. The minimum Gasteiger partial charge on any atom is -0.497 e. The van der Waals surface area contributed by atoms with Crippen LogP contribution in [0.25, 0.3) is 11.3 Å². The highest BCUT2D eigenvalue weighted by Crippen LogP contribution is 2.33. The van der Waals surface area contributed by atoms with Crippen LogP contribution in [0.5, 0.6) is 11.5 Å². The molecule has 3 aromatic rings. The molecule has 0 saturated heterocycles. The molecule has 4 rings (SSSR count). The molecule has 2 heterocycles. The maximum absolute atomic E-state index is 10.9. The van der Waals surface area contributed by atoms with Gasteiger partial charge in [0, 0.05) is 17.0 Å². The van der Waals surface area contributed by atoms with Crippen molar-refractivity contribution in [3.8, 4) is 22.8 Å². The fourth-order valence-corrected chi connectivity index (χ4v) is 4.59. The van der Waals surface area contributed by atoms with Crippen LogP contribution in [0.15, 0.2) is 50.2 Å². The van der Waals surface area contributed by atoms with Crippen LogP contribution in [0.4, 0.5) is 5.88 Å². The molecule has 9 nitrogen and oxygen atoms in total. The van der Waals surface area contributed by atoms with Crippen molar-refractivity contribution in [1.29, 1.82) is 0 Å². The van der Waals surface area contributed by atoms with Crippen molar-refractivity contribution in [2.75, 3.05) is 14.2 Å². The number of methoxy groups -OCH3 is 2. The van der Waals surface area contributed by atoms with Gasteiger partial charge in [0.1, 0.15) is 16.4 Å². The number of nitrogens with zero attached hydrogens (tertiary/aromatic N) is 4. The Morgan fingerprint density at radius 3 is 2.69 bits per heavy atom. The van der Waals surface area contributed by atoms with E-state index in [-0.39, 0.29) is 17.7 Å². The Bertz CT molecular complexity index is 1190. The molecule has 0 aliphatic heterocycles. The molecular weight excluding hydrogens is 432 g/mol. The van der Waals surface area contributed by atoms with Crippen LogP contribution in [0, 0.1) is 10.1 Å². The van der Waals surface area contributed by atoms with Crippen molar-refractivity contribution in [1.82, 2.24) is 4.68 Å². The number of hydrogen-bond acceptors (Lipinski definition) is 8. The minimum atomic E-state index is -0.577. The predicted octanol–water partition coefficient (Wildman–Crippen LogP) is 4.85. The summed E-state index contributed by atoms with van der Waals surface area (Å²) < 4.78 is 17.9. The molecule has 1 saturated carbocycles. The van der Waals surface area contributed by atoms with Crippen molar-refractivity contribution >= 4 is 23.4 Å². The lowest BCUT2D eigenvalue weighted by Crippen LogP contribution is -2.19. The second kappa shape index (κ2) is 9.82. The van der Waals surface area contributed by atoms with Crippen LogP contribution in [-0.4, -0.2) is 36.1 Å². The van der Waals surface area contributed by atoms with Gasteiger partial charge in [-0.25, -0.2) is 4.68 Å². The highest BCUT2D eigenvalue weighted by Gasteiger charge is 2.17. The van der Waals surface area contributed by atoms with Crippen LogP contribution >= 0.6 is 11.3 Å². The lowest BCUT2D eigenvalue weighted by Gasteiger charge is -2.17. The third kappa shape index (κ3) is 4.75. The predicted molar refractivity (Wildman–Crippen MR) is 122 cm³/mol. The van der Waals surface area contributed by atoms with Crippen LogP contribution < -0.4 is 14.3 Å². The van der Waals surface area contributed by atoms with Gasteiger partial charge in [0.15, 0.2) is 5.76 Å². The van der Waals surface area contributed by atoms with Crippen LogP contribution in [0.3, 0.4) is 0 Å². The first-order valence-electron chi connectivity index (χ1n) is 10.3. The maximum atomic E-state index is 10.9. The Labute approximate surface area is 188 Å². The largest absolute Gasteiger partial charge is 0.497 e. The molecule has 0 radical (unpaired) electrons. The van der Waals surface area contributed by atoms with E-state index in [1.54, 1.807) is 18.9 Å². The van der Waals surface area contributed by atoms with Gasteiger partial charge >= 0.3 is 5.88 Å². The average molecular weight is 457 g/mol. The molecule has 1 aromatic carbocycles. The summed E-state index contributed by atoms with van der Waals surface area (Å²) in [6.45, 7) is 0. The summed E-state index contributed by atoms with van der Waals surface area (Å²) in [6.07, 6.45) is 7.19. The summed E-state index contributed by atoms with van der Waals surface area (Å²) in [6, 6.07) is 8.67. The fourth-order valence-electron chi connectivity index (χ4n) is 3.69. The lowest BCUT2D eigenvalue weighted by molar-refractivity contribution is -0.402. The standard InChI is InChI=1S/C22H24N4O5S/c1-29-16-8-10-18(20(12-16)30-2)19-14-32-22(24-15-6-4-3-5-7-15)25(19)23-13-17-9-11-21(31-17)26(27)28/h8-15H,3-7H2,1-2H3. The Morgan fingerprint density at radius 1 is 1.19 bits per heavy atom. The van der Waals surface area contributed by atoms with Gasteiger partial charge in [-0.1, -0.05) is 19.3 Å². The highest BCUT2D eigenvalue weighted by molar-refractivity contribution is 7.07. The second-order valence-electron chi connectivity index (χ2n) is 7.38. The van der Waals surface area contributed by atoms with Gasteiger partial charge in [-0.05, 0) is 31.0 Å². The Kier molecular flexibility index (Phi) is 6.69. The van der Waals surface area contributed by atoms with Crippen LogP contribution in [0.2, 0.25) is 0 Å². The SMILES string of the molecule is COc1ccc(-c2csc(=NC3CCCCC3)n2N=Cc2ccc([N+](=O)[O-])o2)c(OC)c1. The van der Waals surface area contributed by atoms with E-state index in [9.17, 15) is 10.1 Å². The monoisotopic (exact) mass is 456 g/mol. The van der Waals surface area contributed by atoms with E-state index in [4.69, 9.17) is 18.9 Å². The minimum absolute atomic E-state index is 0.263. The number of nitro groups is 1. The van der Waals surface area contributed by atoms with Crippen molar-refractivity contribution in [2.45, 2.75) is 38.1 Å². The molecule has 168 valence electrons. The quantitative estimate of drug-likeness (QED) is 0.287. The highest BCUT2D eigenvalue weighted by atomic mass is 32.1. The fraction of sp³-hybridized carbons (Fsp3) is 0.364. The van der Waals surface area contributed by atoms with Crippen LogP contribution in [0.1, 0.15) is 37.9 Å². The Morgan fingerprint density at radius 2 is 2.00 bits per heavy atom. The van der Waals surface area contributed by atoms with Crippen molar-refractivity contribution in [3.05, 3.63) is 56.4 Å². The molecule has 2 aromatic heterocycles. The zero-order valence-corrected chi connectivity index (χ0v) is 18.7. The van der Waals surface area contributed by atoms with Crippen LogP contribution in [-0.2, 0) is 0 Å². The number of rotatable bonds is 7. The van der Waals surface area contributed by atoms with E-state index in [1.165, 1.54) is 48.9 Å². The van der Waals surface area contributed by atoms with E-state index >= 15 is 0 Å². The van der Waals surface area contributed by atoms with Crippen molar-refractivity contribution in [2.24, 2.45) is 10.1 Å². The maximum Gasteiger partial charge on any atom is 0.433 e. The van der Waals surface area contributed by atoms with Gasteiger partial charge in [-0.2, -0.15) is 5.10 Å². The molecule has 1 fully saturated rings. The Balaban J connectivity index is 1.79. The summed E-state index contributed by atoms with van der Waals surface area (Å²) in [5, 5.41) is 17.5. The summed E-state index contributed by atoms with van der Waals surface area (Å²) >= 11 is 1.50. The zero-order valence-electron chi connectivity index (χ0n) is 17.9. The lowest BCUT2D eigenvalue weighted by atomic mass is 9.96. The normalized spacial score (nSPS) is 15.4. The number of ether oxygens (including phenoxy) is 2. The summed E-state index contributed by atoms with van der Waals surface area (Å²) in [5.74, 6) is 1.28.